The number of methoxy groups -OCH3 is 1. The summed E-state index contributed by atoms with van der Waals surface area (Å²) in [5.74, 6) is 1.24. The molecule has 0 unspecified atom stereocenters. The van der Waals surface area contributed by atoms with Crippen molar-refractivity contribution in [1.29, 1.82) is 0 Å². The molecule has 1 amide bonds. The Bertz CT molecular complexity index is 567. The van der Waals surface area contributed by atoms with Crippen LogP contribution in [0.15, 0.2) is 35.0 Å². The summed E-state index contributed by atoms with van der Waals surface area (Å²) in [6.07, 6.45) is 0.374. The van der Waals surface area contributed by atoms with Gasteiger partial charge in [-0.2, -0.15) is 11.3 Å². The van der Waals surface area contributed by atoms with Crippen LogP contribution in [0.25, 0.3) is 0 Å². The molecule has 0 aliphatic heterocycles. The van der Waals surface area contributed by atoms with Crippen molar-refractivity contribution < 1.29 is 14.3 Å². The highest BCUT2D eigenvalue weighted by molar-refractivity contribution is 7.08. The lowest BCUT2D eigenvalue weighted by Crippen LogP contribution is -2.14. The maximum atomic E-state index is 11.9. The molecule has 5 heteroatoms. The van der Waals surface area contributed by atoms with E-state index in [9.17, 15) is 4.79 Å². The lowest BCUT2D eigenvalue weighted by atomic mass is 10.2. The van der Waals surface area contributed by atoms with Gasteiger partial charge in [-0.1, -0.05) is 0 Å². The van der Waals surface area contributed by atoms with Gasteiger partial charge in [-0.15, -0.1) is 0 Å². The van der Waals surface area contributed by atoms with Crippen molar-refractivity contribution >= 4 is 22.9 Å². The van der Waals surface area contributed by atoms with Crippen LogP contribution >= 0.6 is 11.3 Å². The molecule has 1 aromatic carbocycles. The highest BCUT2D eigenvalue weighted by Gasteiger charge is 2.08. The Morgan fingerprint density at radius 2 is 2.15 bits per heavy atom. The molecule has 0 spiro atoms. The lowest BCUT2D eigenvalue weighted by Gasteiger charge is -2.11. The molecular weight excluding hydrogens is 274 g/mol. The predicted octanol–water partition coefficient (Wildman–Crippen LogP) is 3.34. The summed E-state index contributed by atoms with van der Waals surface area (Å²) in [6.45, 7) is 2.48. The van der Waals surface area contributed by atoms with Gasteiger partial charge in [-0.25, -0.2) is 0 Å². The summed E-state index contributed by atoms with van der Waals surface area (Å²) in [7, 11) is 1.58. The van der Waals surface area contributed by atoms with Gasteiger partial charge in [0, 0.05) is 11.8 Å². The van der Waals surface area contributed by atoms with E-state index in [0.29, 0.717) is 30.2 Å². The number of amides is 1. The van der Waals surface area contributed by atoms with Crippen LogP contribution in [0.3, 0.4) is 0 Å². The van der Waals surface area contributed by atoms with E-state index in [1.807, 2.05) is 23.8 Å². The zero-order chi connectivity index (χ0) is 14.4. The van der Waals surface area contributed by atoms with Crippen LogP contribution < -0.4 is 14.8 Å². The molecule has 1 heterocycles. The van der Waals surface area contributed by atoms with Crippen LogP contribution in [-0.2, 0) is 11.2 Å². The van der Waals surface area contributed by atoms with Gasteiger partial charge in [0.1, 0.15) is 0 Å². The first kappa shape index (κ1) is 14.4. The highest BCUT2D eigenvalue weighted by Crippen LogP contribution is 2.30. The van der Waals surface area contributed by atoms with E-state index < -0.39 is 0 Å². The number of benzene rings is 1. The van der Waals surface area contributed by atoms with E-state index in [2.05, 4.69) is 5.32 Å². The van der Waals surface area contributed by atoms with Crippen molar-refractivity contribution in [3.8, 4) is 11.5 Å². The van der Waals surface area contributed by atoms with Gasteiger partial charge in [-0.3, -0.25) is 4.79 Å². The molecule has 4 nitrogen and oxygen atoms in total. The highest BCUT2D eigenvalue weighted by atomic mass is 32.1. The fourth-order valence-corrected chi connectivity index (χ4v) is 2.47. The Hall–Kier alpha value is -2.01. The number of carbonyl (C=O) groups excluding carboxylic acids is 1. The zero-order valence-corrected chi connectivity index (χ0v) is 12.3. The number of thiophene rings is 1. The summed E-state index contributed by atoms with van der Waals surface area (Å²) in [4.78, 5) is 11.9. The minimum absolute atomic E-state index is 0.0467. The van der Waals surface area contributed by atoms with E-state index in [1.54, 1.807) is 36.6 Å². The third-order valence-electron chi connectivity index (χ3n) is 2.69. The largest absolute Gasteiger partial charge is 0.493 e. The maximum absolute atomic E-state index is 11.9. The number of ether oxygens (including phenoxy) is 2. The summed E-state index contributed by atoms with van der Waals surface area (Å²) < 4.78 is 10.7. The zero-order valence-electron chi connectivity index (χ0n) is 11.5. The fourth-order valence-electron chi connectivity index (χ4n) is 1.80. The number of nitrogens with one attached hydrogen (secondary N) is 1. The smallest absolute Gasteiger partial charge is 0.228 e. The average Bonchev–Trinajstić information content (AvgIpc) is 2.93. The maximum Gasteiger partial charge on any atom is 0.228 e. The molecule has 0 aliphatic rings. The van der Waals surface area contributed by atoms with E-state index in [0.717, 1.165) is 5.56 Å². The Morgan fingerprint density at radius 3 is 2.80 bits per heavy atom. The van der Waals surface area contributed by atoms with Crippen molar-refractivity contribution in [2.75, 3.05) is 19.0 Å². The first-order chi connectivity index (χ1) is 9.72. The van der Waals surface area contributed by atoms with Crippen molar-refractivity contribution in [3.05, 3.63) is 40.6 Å². The molecular formula is C15H17NO3S. The summed E-state index contributed by atoms with van der Waals surface area (Å²) in [5.41, 5.74) is 1.72. The molecule has 0 bridgehead atoms. The van der Waals surface area contributed by atoms with Crippen molar-refractivity contribution in [1.82, 2.24) is 0 Å². The summed E-state index contributed by atoms with van der Waals surface area (Å²) >= 11 is 1.58. The SMILES string of the molecule is CCOc1ccc(NC(=O)Cc2ccsc2)cc1OC. The molecule has 20 heavy (non-hydrogen) atoms. The first-order valence-corrected chi connectivity index (χ1v) is 7.29. The monoisotopic (exact) mass is 291 g/mol. The van der Waals surface area contributed by atoms with Crippen molar-refractivity contribution in [2.24, 2.45) is 0 Å². The third kappa shape index (κ3) is 3.74. The van der Waals surface area contributed by atoms with Gasteiger partial charge in [0.2, 0.25) is 5.91 Å². The van der Waals surface area contributed by atoms with Gasteiger partial charge < -0.3 is 14.8 Å². The third-order valence-corrected chi connectivity index (χ3v) is 3.42. The normalized spacial score (nSPS) is 10.1. The summed E-state index contributed by atoms with van der Waals surface area (Å²) in [6, 6.07) is 7.31. The van der Waals surface area contributed by atoms with Crippen LogP contribution in [0, 0.1) is 0 Å². The molecule has 2 rings (SSSR count). The lowest BCUT2D eigenvalue weighted by molar-refractivity contribution is -0.115. The molecule has 1 aromatic heterocycles. The van der Waals surface area contributed by atoms with Crippen molar-refractivity contribution in [3.63, 3.8) is 0 Å². The fraction of sp³-hybridized carbons (Fsp3) is 0.267. The Labute approximate surface area is 122 Å². The molecule has 0 radical (unpaired) electrons. The molecule has 2 aromatic rings. The van der Waals surface area contributed by atoms with Gasteiger partial charge in [0.05, 0.1) is 20.1 Å². The van der Waals surface area contributed by atoms with Gasteiger partial charge in [-0.05, 0) is 41.4 Å². The van der Waals surface area contributed by atoms with Crippen LogP contribution in [-0.4, -0.2) is 19.6 Å². The molecule has 106 valence electrons. The first-order valence-electron chi connectivity index (χ1n) is 6.34. The second kappa shape index (κ2) is 6.96. The van der Waals surface area contributed by atoms with Crippen LogP contribution in [0.5, 0.6) is 11.5 Å². The van der Waals surface area contributed by atoms with Crippen LogP contribution in [0.4, 0.5) is 5.69 Å². The molecule has 0 aliphatic carbocycles. The molecule has 0 atom stereocenters. The Balaban J connectivity index is 2.03. The number of anilines is 1. The summed E-state index contributed by atoms with van der Waals surface area (Å²) in [5, 5.41) is 6.79. The van der Waals surface area contributed by atoms with E-state index >= 15 is 0 Å². The molecule has 0 fully saturated rings. The van der Waals surface area contributed by atoms with E-state index in [4.69, 9.17) is 9.47 Å². The standard InChI is InChI=1S/C15H17NO3S/c1-3-19-13-5-4-12(9-14(13)18-2)16-15(17)8-11-6-7-20-10-11/h4-7,9-10H,3,8H2,1-2H3,(H,16,17). The van der Waals surface area contributed by atoms with Gasteiger partial charge >= 0.3 is 0 Å². The van der Waals surface area contributed by atoms with E-state index in [-0.39, 0.29) is 5.91 Å². The average molecular weight is 291 g/mol. The second-order valence-corrected chi connectivity index (χ2v) is 4.94. The predicted molar refractivity (Wildman–Crippen MR) is 80.8 cm³/mol. The molecule has 1 N–H and O–H groups in total. The number of hydrogen-bond acceptors (Lipinski definition) is 4. The molecule has 0 saturated carbocycles. The molecule has 0 saturated heterocycles. The van der Waals surface area contributed by atoms with E-state index in [1.165, 1.54) is 0 Å². The minimum Gasteiger partial charge on any atom is -0.493 e. The Kier molecular flexibility index (Phi) is 5.01. The second-order valence-electron chi connectivity index (χ2n) is 4.16. The number of hydrogen-bond donors (Lipinski definition) is 1. The van der Waals surface area contributed by atoms with Gasteiger partial charge in [0.15, 0.2) is 11.5 Å². The van der Waals surface area contributed by atoms with Crippen LogP contribution in [0.1, 0.15) is 12.5 Å². The van der Waals surface area contributed by atoms with Gasteiger partial charge in [0.25, 0.3) is 0 Å². The topological polar surface area (TPSA) is 47.6 Å². The quantitative estimate of drug-likeness (QED) is 0.888. The number of carbonyl (C=O) groups is 1. The van der Waals surface area contributed by atoms with Crippen molar-refractivity contribution in [2.45, 2.75) is 13.3 Å². The Morgan fingerprint density at radius 1 is 1.30 bits per heavy atom. The van der Waals surface area contributed by atoms with Crippen LogP contribution in [0.2, 0.25) is 0 Å². The number of rotatable bonds is 6. The minimum atomic E-state index is -0.0467.